The van der Waals surface area contributed by atoms with Gasteiger partial charge in [0, 0.05) is 34.9 Å². The summed E-state index contributed by atoms with van der Waals surface area (Å²) in [7, 11) is 0. The van der Waals surface area contributed by atoms with Crippen molar-refractivity contribution in [1.82, 2.24) is 14.1 Å². The van der Waals surface area contributed by atoms with Crippen molar-refractivity contribution < 1.29 is 4.79 Å². The summed E-state index contributed by atoms with van der Waals surface area (Å²) in [6.45, 7) is 0.492. The largest absolute Gasteiger partial charge is 0.370 e. The van der Waals surface area contributed by atoms with Crippen LogP contribution < -0.4 is 17.0 Å². The van der Waals surface area contributed by atoms with Gasteiger partial charge in [0.15, 0.2) is 0 Å². The van der Waals surface area contributed by atoms with Crippen LogP contribution in [0.3, 0.4) is 0 Å². The van der Waals surface area contributed by atoms with E-state index in [0.717, 1.165) is 42.1 Å². The normalized spacial score (nSPS) is 13.8. The highest BCUT2D eigenvalue weighted by atomic mass is 32.1. The lowest BCUT2D eigenvalue weighted by molar-refractivity contribution is -0.118. The minimum Gasteiger partial charge on any atom is -0.370 e. The van der Waals surface area contributed by atoms with E-state index in [9.17, 15) is 14.4 Å². The number of nitrogens with two attached hydrogens (primary N) is 1. The maximum atomic E-state index is 13.3. The Morgan fingerprint density at radius 3 is 2.83 bits per heavy atom. The molecule has 0 saturated carbocycles. The molecule has 1 amide bonds. The van der Waals surface area contributed by atoms with Crippen molar-refractivity contribution in [3.63, 3.8) is 0 Å². The van der Waals surface area contributed by atoms with Gasteiger partial charge in [0.1, 0.15) is 4.83 Å². The number of primary amides is 1. The third-order valence-electron chi connectivity index (χ3n) is 5.62. The molecule has 0 atom stereocenters. The lowest BCUT2D eigenvalue weighted by Gasteiger charge is -2.10. The average molecular weight is 408 g/mol. The summed E-state index contributed by atoms with van der Waals surface area (Å²) >= 11 is 1.54. The lowest BCUT2D eigenvalue weighted by atomic mass is 9.97. The van der Waals surface area contributed by atoms with Gasteiger partial charge in [-0.15, -0.1) is 11.3 Å². The van der Waals surface area contributed by atoms with Gasteiger partial charge < -0.3 is 10.3 Å². The molecule has 148 valence electrons. The maximum absolute atomic E-state index is 13.3. The molecular formula is C21H20N4O3S. The quantitative estimate of drug-likeness (QED) is 0.542. The van der Waals surface area contributed by atoms with Gasteiger partial charge in [-0.1, -0.05) is 0 Å². The number of aryl methyl sites for hydroxylation is 3. The molecule has 0 fully saturated rings. The molecule has 0 spiro atoms. The van der Waals surface area contributed by atoms with E-state index in [1.807, 2.05) is 29.0 Å². The molecule has 0 bridgehead atoms. The minimum atomic E-state index is -0.423. The zero-order chi connectivity index (χ0) is 20.1. The number of rotatable bonds is 4. The maximum Gasteiger partial charge on any atom is 0.334 e. The summed E-state index contributed by atoms with van der Waals surface area (Å²) in [5.74, 6) is -0.353. The number of amides is 1. The first-order valence-corrected chi connectivity index (χ1v) is 10.5. The third-order valence-corrected chi connectivity index (χ3v) is 6.83. The summed E-state index contributed by atoms with van der Waals surface area (Å²) in [6.07, 6.45) is 6.19. The predicted molar refractivity (Wildman–Crippen MR) is 114 cm³/mol. The van der Waals surface area contributed by atoms with E-state index in [1.165, 1.54) is 20.8 Å². The van der Waals surface area contributed by atoms with Gasteiger partial charge in [-0.25, -0.2) is 9.36 Å². The van der Waals surface area contributed by atoms with Crippen LogP contribution in [0.15, 0.2) is 40.1 Å². The number of thiophene rings is 1. The van der Waals surface area contributed by atoms with Gasteiger partial charge in [0.05, 0.1) is 11.1 Å². The van der Waals surface area contributed by atoms with Crippen molar-refractivity contribution in [2.75, 3.05) is 0 Å². The van der Waals surface area contributed by atoms with Crippen LogP contribution in [0.5, 0.6) is 0 Å². The van der Waals surface area contributed by atoms with E-state index in [1.54, 1.807) is 6.07 Å². The van der Waals surface area contributed by atoms with E-state index in [2.05, 4.69) is 4.98 Å². The summed E-state index contributed by atoms with van der Waals surface area (Å²) in [5.41, 5.74) is 7.13. The lowest BCUT2D eigenvalue weighted by Crippen LogP contribution is -2.33. The number of H-pyrrole nitrogens is 1. The van der Waals surface area contributed by atoms with E-state index >= 15 is 0 Å². The highest BCUT2D eigenvalue weighted by Crippen LogP contribution is 2.33. The monoisotopic (exact) mass is 408 g/mol. The number of benzene rings is 1. The van der Waals surface area contributed by atoms with Crippen LogP contribution in [0.1, 0.15) is 29.7 Å². The molecule has 3 heterocycles. The molecule has 29 heavy (non-hydrogen) atoms. The Morgan fingerprint density at radius 2 is 2.00 bits per heavy atom. The van der Waals surface area contributed by atoms with Crippen molar-refractivity contribution in [3.05, 3.63) is 61.7 Å². The van der Waals surface area contributed by atoms with Crippen molar-refractivity contribution in [2.45, 2.75) is 38.6 Å². The standard InChI is InChI=1S/C21H20N4O3S/c22-17(26)8-10-24-9-7-12-11-13(5-6-15(12)24)25-20(27)18-14-3-1-2-4-16(14)29-19(18)23-21(25)28/h5-7,9,11H,1-4,8,10H2,(H2,22,26)(H,23,28). The van der Waals surface area contributed by atoms with E-state index in [-0.39, 0.29) is 17.9 Å². The number of nitrogens with one attached hydrogen (secondary N) is 1. The molecule has 0 radical (unpaired) electrons. The SMILES string of the molecule is NC(=O)CCn1ccc2cc(-n3c(=O)[nH]c4sc5c(c4c3=O)CCCC5)ccc21. The Balaban J connectivity index is 1.65. The zero-order valence-corrected chi connectivity index (χ0v) is 16.6. The fraction of sp³-hybridized carbons (Fsp3) is 0.286. The number of nitrogens with zero attached hydrogens (tertiary/aromatic N) is 2. The summed E-state index contributed by atoms with van der Waals surface area (Å²) in [5, 5.41) is 1.55. The third kappa shape index (κ3) is 2.91. The van der Waals surface area contributed by atoms with Gasteiger partial charge in [-0.05, 0) is 55.5 Å². The van der Waals surface area contributed by atoms with Crippen LogP contribution >= 0.6 is 11.3 Å². The van der Waals surface area contributed by atoms with Crippen molar-refractivity contribution in [3.8, 4) is 5.69 Å². The van der Waals surface area contributed by atoms with Crippen LogP contribution in [0.2, 0.25) is 0 Å². The molecule has 8 heteroatoms. The van der Waals surface area contributed by atoms with Gasteiger partial charge in [0.25, 0.3) is 5.56 Å². The summed E-state index contributed by atoms with van der Waals surface area (Å²) in [6, 6.07) is 7.37. The molecule has 0 unspecified atom stereocenters. The Hall–Kier alpha value is -3.13. The fourth-order valence-electron chi connectivity index (χ4n) is 4.22. The van der Waals surface area contributed by atoms with Gasteiger partial charge in [0.2, 0.25) is 5.91 Å². The molecule has 5 rings (SSSR count). The Morgan fingerprint density at radius 1 is 1.17 bits per heavy atom. The van der Waals surface area contributed by atoms with Crippen molar-refractivity contribution in [2.24, 2.45) is 5.73 Å². The van der Waals surface area contributed by atoms with E-state index in [0.29, 0.717) is 22.4 Å². The molecule has 3 aromatic heterocycles. The van der Waals surface area contributed by atoms with Gasteiger partial charge in [-0.2, -0.15) is 0 Å². The number of fused-ring (bicyclic) bond motifs is 4. The number of hydrogen-bond acceptors (Lipinski definition) is 4. The molecule has 7 nitrogen and oxygen atoms in total. The number of aromatic nitrogens is 3. The molecular weight excluding hydrogens is 388 g/mol. The topological polar surface area (TPSA) is 103 Å². The Kier molecular flexibility index (Phi) is 4.16. The van der Waals surface area contributed by atoms with Crippen molar-refractivity contribution in [1.29, 1.82) is 0 Å². The first-order chi connectivity index (χ1) is 14.0. The van der Waals surface area contributed by atoms with Crippen LogP contribution in [0.25, 0.3) is 26.8 Å². The van der Waals surface area contributed by atoms with Crippen LogP contribution in [0.4, 0.5) is 0 Å². The Bertz CT molecular complexity index is 1390. The average Bonchev–Trinajstić information content (AvgIpc) is 3.26. The smallest absolute Gasteiger partial charge is 0.334 e. The zero-order valence-electron chi connectivity index (χ0n) is 15.7. The van der Waals surface area contributed by atoms with Crippen molar-refractivity contribution >= 4 is 38.4 Å². The number of carbonyl (C=O) groups excluding carboxylic acids is 1. The summed E-state index contributed by atoms with van der Waals surface area (Å²) < 4.78 is 3.17. The van der Waals surface area contributed by atoms with E-state index < -0.39 is 5.69 Å². The van der Waals surface area contributed by atoms with Gasteiger partial charge >= 0.3 is 5.69 Å². The molecule has 1 aliphatic carbocycles. The Labute approximate surface area is 169 Å². The molecule has 4 aromatic rings. The molecule has 1 aliphatic rings. The highest BCUT2D eigenvalue weighted by molar-refractivity contribution is 7.18. The first-order valence-electron chi connectivity index (χ1n) is 9.70. The second kappa shape index (κ2) is 6.73. The molecule has 0 saturated heterocycles. The molecule has 0 aliphatic heterocycles. The molecule has 3 N–H and O–H groups in total. The fourth-order valence-corrected chi connectivity index (χ4v) is 5.50. The number of carbonyl (C=O) groups is 1. The summed E-state index contributed by atoms with van der Waals surface area (Å²) in [4.78, 5) is 41.9. The minimum absolute atomic E-state index is 0.254. The van der Waals surface area contributed by atoms with Crippen LogP contribution in [-0.4, -0.2) is 20.0 Å². The second-order valence-corrected chi connectivity index (χ2v) is 8.56. The van der Waals surface area contributed by atoms with Crippen LogP contribution in [-0.2, 0) is 24.2 Å². The van der Waals surface area contributed by atoms with E-state index in [4.69, 9.17) is 5.73 Å². The van der Waals surface area contributed by atoms with Crippen LogP contribution in [0, 0.1) is 0 Å². The van der Waals surface area contributed by atoms with Gasteiger partial charge in [-0.3, -0.25) is 14.6 Å². The highest BCUT2D eigenvalue weighted by Gasteiger charge is 2.21. The number of aromatic amines is 1. The predicted octanol–water partition coefficient (Wildman–Crippen LogP) is 2.45. The first kappa shape index (κ1) is 17.9. The molecule has 1 aromatic carbocycles. The number of hydrogen-bond donors (Lipinski definition) is 2. The second-order valence-electron chi connectivity index (χ2n) is 7.45.